The summed E-state index contributed by atoms with van der Waals surface area (Å²) < 4.78 is 21.1. The number of fused-ring (bicyclic) bond motifs is 1. The molecule has 0 unspecified atom stereocenters. The second-order valence-electron chi connectivity index (χ2n) is 8.87. The van der Waals surface area contributed by atoms with E-state index in [0.717, 1.165) is 5.56 Å². The maximum Gasteiger partial charge on any atom is 0.510 e. The first-order valence-corrected chi connectivity index (χ1v) is 11.0. The molecule has 2 aliphatic heterocycles. The maximum absolute atomic E-state index is 12.9. The van der Waals surface area contributed by atoms with Crippen LogP contribution in [0.1, 0.15) is 53.0 Å². The number of benzene rings is 1. The van der Waals surface area contributed by atoms with E-state index >= 15 is 0 Å². The highest BCUT2D eigenvalue weighted by Crippen LogP contribution is 2.54. The van der Waals surface area contributed by atoms with Gasteiger partial charge in [-0.3, -0.25) is 5.01 Å². The highest BCUT2D eigenvalue weighted by molar-refractivity contribution is 6.30. The number of hydrogen-bond donors (Lipinski definition) is 0. The van der Waals surface area contributed by atoms with Crippen molar-refractivity contribution >= 4 is 29.8 Å². The highest BCUT2D eigenvalue weighted by Gasteiger charge is 2.60. The van der Waals surface area contributed by atoms with Gasteiger partial charge in [0.05, 0.1) is 24.8 Å². The number of nitrogens with zero attached hydrogens (tertiary/aromatic N) is 2. The number of allylic oxidation sites excluding steroid dienone is 1. The van der Waals surface area contributed by atoms with Crippen molar-refractivity contribution in [3.63, 3.8) is 0 Å². The quantitative estimate of drug-likeness (QED) is 0.450. The van der Waals surface area contributed by atoms with Crippen LogP contribution in [0.4, 0.5) is 9.59 Å². The normalized spacial score (nSPS) is 22.2. The van der Waals surface area contributed by atoms with E-state index in [9.17, 15) is 14.4 Å². The van der Waals surface area contributed by atoms with Crippen molar-refractivity contribution in [2.45, 2.75) is 64.8 Å². The summed E-state index contributed by atoms with van der Waals surface area (Å²) in [6.45, 7) is 8.79. The molecule has 0 N–H and O–H groups in total. The van der Waals surface area contributed by atoms with Gasteiger partial charge < -0.3 is 18.9 Å². The van der Waals surface area contributed by atoms with Gasteiger partial charge in [-0.25, -0.2) is 14.4 Å². The van der Waals surface area contributed by atoms with Gasteiger partial charge >= 0.3 is 18.2 Å². The zero-order valence-electron chi connectivity index (χ0n) is 19.6. The second-order valence-corrected chi connectivity index (χ2v) is 9.31. The molecule has 1 aromatic carbocycles. The number of carbonyl (C=O) groups is 3. The highest BCUT2D eigenvalue weighted by atomic mass is 35.5. The zero-order valence-corrected chi connectivity index (χ0v) is 20.4. The van der Waals surface area contributed by atoms with E-state index < -0.39 is 35.6 Å². The van der Waals surface area contributed by atoms with Crippen LogP contribution in [0, 0.1) is 0 Å². The lowest BCUT2D eigenvalue weighted by Gasteiger charge is -2.38. The summed E-state index contributed by atoms with van der Waals surface area (Å²) in [4.78, 5) is 38.1. The van der Waals surface area contributed by atoms with Crippen molar-refractivity contribution in [3.8, 4) is 0 Å². The lowest BCUT2D eigenvalue weighted by molar-refractivity contribution is -0.138. The third-order valence-corrected chi connectivity index (χ3v) is 5.73. The number of esters is 1. The Morgan fingerprint density at radius 1 is 1.24 bits per heavy atom. The number of halogens is 1. The maximum atomic E-state index is 12.9. The monoisotopic (exact) mass is 480 g/mol. The van der Waals surface area contributed by atoms with Crippen molar-refractivity contribution in [2.75, 3.05) is 13.7 Å². The second kappa shape index (κ2) is 9.13. The molecule has 1 amide bonds. The fourth-order valence-corrected chi connectivity index (χ4v) is 4.49. The van der Waals surface area contributed by atoms with Gasteiger partial charge in [-0.15, -0.1) is 0 Å². The van der Waals surface area contributed by atoms with Crippen LogP contribution in [0.2, 0.25) is 5.02 Å². The van der Waals surface area contributed by atoms with Crippen LogP contribution in [0.25, 0.3) is 0 Å². The summed E-state index contributed by atoms with van der Waals surface area (Å²) >= 11 is 6.28. The van der Waals surface area contributed by atoms with E-state index in [0.29, 0.717) is 16.3 Å². The molecule has 10 heteroatoms. The van der Waals surface area contributed by atoms with Crippen LogP contribution < -0.4 is 0 Å². The molecule has 0 aliphatic carbocycles. The topological polar surface area (TPSA) is 94.6 Å². The predicted octanol–water partition coefficient (Wildman–Crippen LogP) is 4.74. The standard InChI is InChI=1S/C23H29ClN2O7/c1-7-31-19(27)17-12-23(15-9-8-10-16(24)11-15)13-18(32-21(29)33-22(3,4)5)25(20(28)30-6)26(23)14(17)2/h8-11,18H,7,12-13H2,1-6H3/t18-,23+/m1/s1. The summed E-state index contributed by atoms with van der Waals surface area (Å²) in [5.41, 5.74) is -0.0503. The number of hydrogen-bond acceptors (Lipinski definition) is 8. The lowest BCUT2D eigenvalue weighted by Crippen LogP contribution is -2.49. The molecule has 0 aromatic heterocycles. The van der Waals surface area contributed by atoms with Crippen LogP contribution in [0.15, 0.2) is 35.5 Å². The summed E-state index contributed by atoms with van der Waals surface area (Å²) in [6, 6.07) is 7.13. The fourth-order valence-electron chi connectivity index (χ4n) is 4.30. The van der Waals surface area contributed by atoms with Gasteiger partial charge in [0.25, 0.3) is 0 Å². The first kappa shape index (κ1) is 24.7. The summed E-state index contributed by atoms with van der Waals surface area (Å²) in [5.74, 6) is -0.472. The minimum Gasteiger partial charge on any atom is -0.463 e. The molecule has 33 heavy (non-hydrogen) atoms. The van der Waals surface area contributed by atoms with Gasteiger partial charge in [-0.2, -0.15) is 5.01 Å². The van der Waals surface area contributed by atoms with E-state index in [4.69, 9.17) is 30.5 Å². The fraction of sp³-hybridized carbons (Fsp3) is 0.522. The molecule has 2 aliphatic rings. The predicted molar refractivity (Wildman–Crippen MR) is 119 cm³/mol. The first-order chi connectivity index (χ1) is 15.4. The van der Waals surface area contributed by atoms with Crippen LogP contribution in [0.5, 0.6) is 0 Å². The van der Waals surface area contributed by atoms with Crippen molar-refractivity contribution in [1.82, 2.24) is 10.0 Å². The Hall–Kier alpha value is -2.94. The van der Waals surface area contributed by atoms with Gasteiger partial charge in [0, 0.05) is 23.6 Å². The van der Waals surface area contributed by atoms with Crippen LogP contribution in [-0.4, -0.2) is 53.8 Å². The van der Waals surface area contributed by atoms with E-state index in [2.05, 4.69) is 0 Å². The molecular weight excluding hydrogens is 452 g/mol. The average Bonchev–Trinajstić information content (AvgIpc) is 3.18. The molecule has 3 rings (SSSR count). The Morgan fingerprint density at radius 2 is 1.94 bits per heavy atom. The number of carbonyl (C=O) groups excluding carboxylic acids is 3. The number of ether oxygens (including phenoxy) is 4. The Balaban J connectivity index is 2.10. The molecule has 9 nitrogen and oxygen atoms in total. The molecule has 2 atom stereocenters. The van der Waals surface area contributed by atoms with E-state index in [1.54, 1.807) is 57.8 Å². The van der Waals surface area contributed by atoms with Crippen molar-refractivity contribution in [1.29, 1.82) is 0 Å². The molecule has 2 heterocycles. The molecule has 0 radical (unpaired) electrons. The van der Waals surface area contributed by atoms with Crippen molar-refractivity contribution in [2.24, 2.45) is 0 Å². The van der Waals surface area contributed by atoms with Crippen LogP contribution in [-0.2, 0) is 29.3 Å². The third-order valence-electron chi connectivity index (χ3n) is 5.50. The van der Waals surface area contributed by atoms with E-state index in [1.807, 2.05) is 6.07 Å². The number of methoxy groups -OCH3 is 1. The van der Waals surface area contributed by atoms with Gasteiger partial charge in [-0.1, -0.05) is 23.7 Å². The molecule has 1 fully saturated rings. The van der Waals surface area contributed by atoms with E-state index in [1.165, 1.54) is 12.1 Å². The number of rotatable bonds is 4. The average molecular weight is 481 g/mol. The van der Waals surface area contributed by atoms with Crippen molar-refractivity contribution < 1.29 is 33.3 Å². The molecule has 1 saturated heterocycles. The number of amides is 1. The Kier molecular flexibility index (Phi) is 6.83. The molecule has 0 saturated carbocycles. The van der Waals surface area contributed by atoms with Gasteiger partial charge in [0.15, 0.2) is 0 Å². The van der Waals surface area contributed by atoms with Gasteiger partial charge in [0.1, 0.15) is 5.60 Å². The Bertz CT molecular complexity index is 987. The minimum atomic E-state index is -1.04. The van der Waals surface area contributed by atoms with Crippen molar-refractivity contribution in [3.05, 3.63) is 46.1 Å². The number of hydrazine groups is 1. The molecule has 180 valence electrons. The first-order valence-electron chi connectivity index (χ1n) is 10.6. The third kappa shape index (κ3) is 4.73. The van der Waals surface area contributed by atoms with Gasteiger partial charge in [-0.05, 0) is 52.3 Å². The Morgan fingerprint density at radius 3 is 2.52 bits per heavy atom. The molecule has 1 aromatic rings. The zero-order chi connectivity index (χ0) is 24.6. The molecule has 0 bridgehead atoms. The summed E-state index contributed by atoms with van der Waals surface area (Å²) in [7, 11) is 1.23. The van der Waals surface area contributed by atoms with Gasteiger partial charge in [0.2, 0.25) is 6.23 Å². The smallest absolute Gasteiger partial charge is 0.463 e. The largest absolute Gasteiger partial charge is 0.510 e. The van der Waals surface area contributed by atoms with E-state index in [-0.39, 0.29) is 19.4 Å². The summed E-state index contributed by atoms with van der Waals surface area (Å²) in [5, 5.41) is 3.34. The SMILES string of the molecule is CCOC(=O)C1=C(C)N2N(C(=O)OC)[C@H](OC(=O)OC(C)(C)C)C[C@]2(c2cccc(Cl)c2)C1. The molecule has 0 spiro atoms. The lowest BCUT2D eigenvalue weighted by atomic mass is 9.83. The van der Waals surface area contributed by atoms with Crippen LogP contribution in [0.3, 0.4) is 0 Å². The Labute approximate surface area is 198 Å². The molecular formula is C23H29ClN2O7. The van der Waals surface area contributed by atoms with Crippen LogP contribution >= 0.6 is 11.6 Å². The summed E-state index contributed by atoms with van der Waals surface area (Å²) in [6.07, 6.45) is -2.33. The minimum absolute atomic E-state index is 0.155.